The summed E-state index contributed by atoms with van der Waals surface area (Å²) in [6, 6.07) is 3.69. The zero-order valence-corrected chi connectivity index (χ0v) is 15.9. The van der Waals surface area contributed by atoms with Crippen LogP contribution < -0.4 is 5.56 Å². The third kappa shape index (κ3) is 3.33. The van der Waals surface area contributed by atoms with Gasteiger partial charge >= 0.3 is 0 Å². The van der Waals surface area contributed by atoms with Gasteiger partial charge in [-0.1, -0.05) is 19.3 Å². The molecule has 2 aromatic heterocycles. The van der Waals surface area contributed by atoms with Crippen molar-refractivity contribution in [3.8, 4) is 11.1 Å². The molecule has 27 heavy (non-hydrogen) atoms. The van der Waals surface area contributed by atoms with E-state index in [9.17, 15) is 4.79 Å². The number of nitrogens with zero attached hydrogens (tertiary/aromatic N) is 4. The van der Waals surface area contributed by atoms with Gasteiger partial charge < -0.3 is 9.47 Å². The Morgan fingerprint density at radius 2 is 1.81 bits per heavy atom. The molecule has 3 aliphatic rings. The summed E-state index contributed by atoms with van der Waals surface area (Å²) in [5, 5.41) is 0. The van der Waals surface area contributed by atoms with E-state index >= 15 is 0 Å². The third-order valence-electron chi connectivity index (χ3n) is 6.78. The van der Waals surface area contributed by atoms with Crippen molar-refractivity contribution in [3.05, 3.63) is 46.9 Å². The monoisotopic (exact) mass is 364 g/mol. The fourth-order valence-corrected chi connectivity index (χ4v) is 5.68. The average Bonchev–Trinajstić information content (AvgIpc) is 2.70. The van der Waals surface area contributed by atoms with Crippen LogP contribution in [0.1, 0.15) is 50.1 Å². The third-order valence-corrected chi connectivity index (χ3v) is 6.78. The van der Waals surface area contributed by atoms with Crippen molar-refractivity contribution in [1.29, 1.82) is 0 Å². The van der Waals surface area contributed by atoms with Gasteiger partial charge in [-0.05, 0) is 37.2 Å². The molecular weight excluding hydrogens is 336 g/mol. The van der Waals surface area contributed by atoms with Crippen LogP contribution in [0.4, 0.5) is 0 Å². The normalized spacial score (nSPS) is 25.9. The second kappa shape index (κ2) is 7.19. The van der Waals surface area contributed by atoms with Crippen LogP contribution in [0, 0.1) is 11.8 Å². The maximum absolute atomic E-state index is 12.6. The average molecular weight is 364 g/mol. The zero-order chi connectivity index (χ0) is 18.2. The molecule has 5 heteroatoms. The van der Waals surface area contributed by atoms with Crippen molar-refractivity contribution in [1.82, 2.24) is 19.4 Å². The van der Waals surface area contributed by atoms with Crippen molar-refractivity contribution in [2.75, 3.05) is 19.6 Å². The summed E-state index contributed by atoms with van der Waals surface area (Å²) in [4.78, 5) is 23.7. The maximum Gasteiger partial charge on any atom is 0.250 e. The highest BCUT2D eigenvalue weighted by Crippen LogP contribution is 2.40. The van der Waals surface area contributed by atoms with Crippen LogP contribution in [0.5, 0.6) is 0 Å². The quantitative estimate of drug-likeness (QED) is 0.838. The SMILES string of the molecule is O=c1ccc(-c2cncnc2)c2n1C[C@H]1C[C@@H]2CN(CC2CCCCC2)C1. The summed E-state index contributed by atoms with van der Waals surface area (Å²) < 4.78 is 2.04. The zero-order valence-electron chi connectivity index (χ0n) is 15.9. The van der Waals surface area contributed by atoms with Gasteiger partial charge in [-0.3, -0.25) is 4.79 Å². The molecule has 2 aromatic rings. The van der Waals surface area contributed by atoms with E-state index in [4.69, 9.17) is 0 Å². The molecule has 0 N–H and O–H groups in total. The Hall–Kier alpha value is -2.01. The first-order chi connectivity index (χ1) is 13.3. The second-order valence-corrected chi connectivity index (χ2v) is 8.73. The first-order valence-electron chi connectivity index (χ1n) is 10.5. The summed E-state index contributed by atoms with van der Waals surface area (Å²) in [5.41, 5.74) is 3.50. The summed E-state index contributed by atoms with van der Waals surface area (Å²) in [6.45, 7) is 4.33. The highest BCUT2D eigenvalue weighted by atomic mass is 16.1. The van der Waals surface area contributed by atoms with E-state index in [0.29, 0.717) is 11.8 Å². The summed E-state index contributed by atoms with van der Waals surface area (Å²) in [6.07, 6.45) is 13.5. The van der Waals surface area contributed by atoms with E-state index in [1.807, 2.05) is 23.0 Å². The van der Waals surface area contributed by atoms with Gasteiger partial charge in [0.25, 0.3) is 5.56 Å². The Labute approximate surface area is 160 Å². The van der Waals surface area contributed by atoms with Gasteiger partial charge in [0.1, 0.15) is 6.33 Å². The minimum absolute atomic E-state index is 0.140. The summed E-state index contributed by atoms with van der Waals surface area (Å²) in [5.74, 6) is 1.91. The predicted octanol–water partition coefficient (Wildman–Crippen LogP) is 3.30. The number of piperidine rings is 1. The molecule has 1 saturated heterocycles. The summed E-state index contributed by atoms with van der Waals surface area (Å²) >= 11 is 0. The molecule has 0 amide bonds. The molecule has 2 bridgehead atoms. The molecular formula is C22H28N4O. The molecule has 5 rings (SSSR count). The molecule has 1 saturated carbocycles. The minimum Gasteiger partial charge on any atom is -0.311 e. The molecule has 0 aromatic carbocycles. The number of hydrogen-bond acceptors (Lipinski definition) is 4. The van der Waals surface area contributed by atoms with E-state index in [1.54, 1.807) is 12.4 Å². The van der Waals surface area contributed by atoms with E-state index in [2.05, 4.69) is 14.9 Å². The van der Waals surface area contributed by atoms with E-state index in [1.165, 1.54) is 50.8 Å². The molecule has 2 atom stereocenters. The lowest BCUT2D eigenvalue weighted by Crippen LogP contribution is -2.48. The molecule has 0 radical (unpaired) electrons. The number of rotatable bonds is 3. The number of aromatic nitrogens is 3. The highest BCUT2D eigenvalue weighted by molar-refractivity contribution is 5.65. The largest absolute Gasteiger partial charge is 0.311 e. The van der Waals surface area contributed by atoms with Crippen LogP contribution >= 0.6 is 0 Å². The lowest BCUT2D eigenvalue weighted by atomic mass is 9.80. The second-order valence-electron chi connectivity index (χ2n) is 8.73. The van der Waals surface area contributed by atoms with Gasteiger partial charge in [0, 0.05) is 67.4 Å². The first kappa shape index (κ1) is 17.1. The van der Waals surface area contributed by atoms with Gasteiger partial charge in [0.15, 0.2) is 0 Å². The number of fused-ring (bicyclic) bond motifs is 4. The van der Waals surface area contributed by atoms with Crippen molar-refractivity contribution < 1.29 is 0 Å². The smallest absolute Gasteiger partial charge is 0.250 e. The number of pyridine rings is 1. The molecule has 2 fully saturated rings. The van der Waals surface area contributed by atoms with Gasteiger partial charge in [-0.25, -0.2) is 9.97 Å². The fourth-order valence-electron chi connectivity index (χ4n) is 5.68. The Morgan fingerprint density at radius 3 is 2.63 bits per heavy atom. The van der Waals surface area contributed by atoms with Gasteiger partial charge in [-0.2, -0.15) is 0 Å². The maximum atomic E-state index is 12.6. The van der Waals surface area contributed by atoms with Crippen molar-refractivity contribution in [2.45, 2.75) is 51.0 Å². The molecule has 4 heterocycles. The predicted molar refractivity (Wildman–Crippen MR) is 106 cm³/mol. The Morgan fingerprint density at radius 1 is 1.00 bits per heavy atom. The molecule has 0 spiro atoms. The van der Waals surface area contributed by atoms with E-state index in [-0.39, 0.29) is 5.56 Å². The fraction of sp³-hybridized carbons (Fsp3) is 0.591. The van der Waals surface area contributed by atoms with Gasteiger partial charge in [0.2, 0.25) is 0 Å². The Balaban J connectivity index is 1.46. The van der Waals surface area contributed by atoms with E-state index < -0.39 is 0 Å². The van der Waals surface area contributed by atoms with Gasteiger partial charge in [0.05, 0.1) is 0 Å². The topological polar surface area (TPSA) is 51.0 Å². The minimum atomic E-state index is 0.140. The van der Waals surface area contributed by atoms with Crippen molar-refractivity contribution in [2.24, 2.45) is 11.8 Å². The molecule has 1 aliphatic carbocycles. The Kier molecular flexibility index (Phi) is 4.56. The molecule has 142 valence electrons. The van der Waals surface area contributed by atoms with Crippen LogP contribution in [-0.4, -0.2) is 39.1 Å². The van der Waals surface area contributed by atoms with Gasteiger partial charge in [-0.15, -0.1) is 0 Å². The molecule has 5 nitrogen and oxygen atoms in total. The van der Waals surface area contributed by atoms with Crippen LogP contribution in [0.3, 0.4) is 0 Å². The van der Waals surface area contributed by atoms with Crippen molar-refractivity contribution in [3.63, 3.8) is 0 Å². The Bertz CT molecular complexity index is 856. The van der Waals surface area contributed by atoms with Crippen molar-refractivity contribution >= 4 is 0 Å². The van der Waals surface area contributed by atoms with Crippen LogP contribution in [0.15, 0.2) is 35.6 Å². The number of hydrogen-bond donors (Lipinski definition) is 0. The molecule has 0 unspecified atom stereocenters. The van der Waals surface area contributed by atoms with Crippen LogP contribution in [-0.2, 0) is 6.54 Å². The summed E-state index contributed by atoms with van der Waals surface area (Å²) in [7, 11) is 0. The lowest BCUT2D eigenvalue weighted by Gasteiger charge is -2.44. The first-order valence-corrected chi connectivity index (χ1v) is 10.5. The highest BCUT2D eigenvalue weighted by Gasteiger charge is 2.36. The van der Waals surface area contributed by atoms with Crippen LogP contribution in [0.25, 0.3) is 11.1 Å². The standard InChI is InChI=1S/C22H28N4O/c27-21-7-6-20(19-9-23-15-24-10-19)22-18-8-17(13-26(21)22)12-25(14-18)11-16-4-2-1-3-5-16/h6-7,9-10,15-18H,1-5,8,11-14H2/t17-,18+/m0/s1. The van der Waals surface area contributed by atoms with Crippen LogP contribution in [0.2, 0.25) is 0 Å². The van der Waals surface area contributed by atoms with E-state index in [0.717, 1.165) is 36.7 Å². The number of likely N-dealkylation sites (tertiary alicyclic amines) is 1. The lowest BCUT2D eigenvalue weighted by molar-refractivity contribution is 0.0970. The molecule has 2 aliphatic heterocycles.